The van der Waals surface area contributed by atoms with Crippen LogP contribution >= 0.6 is 0 Å². The minimum atomic E-state index is -0.184. The lowest BCUT2D eigenvalue weighted by Gasteiger charge is -2.08. The van der Waals surface area contributed by atoms with Gasteiger partial charge in [0, 0.05) is 24.2 Å². The van der Waals surface area contributed by atoms with E-state index < -0.39 is 0 Å². The molecule has 0 unspecified atom stereocenters. The van der Waals surface area contributed by atoms with Crippen molar-refractivity contribution in [1.29, 1.82) is 0 Å². The van der Waals surface area contributed by atoms with Gasteiger partial charge in [0.1, 0.15) is 0 Å². The van der Waals surface area contributed by atoms with Crippen LogP contribution in [0.15, 0.2) is 48.8 Å². The molecule has 122 valence electrons. The van der Waals surface area contributed by atoms with Crippen molar-refractivity contribution in [2.45, 2.75) is 6.92 Å². The van der Waals surface area contributed by atoms with Gasteiger partial charge >= 0.3 is 0 Å². The molecule has 1 heterocycles. The Kier molecular flexibility index (Phi) is 4.56. The first-order chi connectivity index (χ1) is 11.6. The molecule has 0 fully saturated rings. The predicted octanol–water partition coefficient (Wildman–Crippen LogP) is 2.03. The molecule has 0 aliphatic carbocycles. The minimum Gasteiger partial charge on any atom is -0.350 e. The molecule has 0 saturated heterocycles. The lowest BCUT2D eigenvalue weighted by Crippen LogP contribution is -2.34. The van der Waals surface area contributed by atoms with Crippen LogP contribution in [0.25, 0.3) is 11.0 Å². The molecule has 3 N–H and O–H groups in total. The van der Waals surface area contributed by atoms with Crippen molar-refractivity contribution in [2.75, 3.05) is 13.1 Å². The molecule has 0 atom stereocenters. The molecule has 0 radical (unpaired) electrons. The highest BCUT2D eigenvalue weighted by atomic mass is 16.2. The summed E-state index contributed by atoms with van der Waals surface area (Å²) in [6.07, 6.45) is 1.59. The minimum absolute atomic E-state index is 0.138. The third-order valence-electron chi connectivity index (χ3n) is 3.77. The highest BCUT2D eigenvalue weighted by Crippen LogP contribution is 2.11. The summed E-state index contributed by atoms with van der Waals surface area (Å²) >= 11 is 0. The summed E-state index contributed by atoms with van der Waals surface area (Å²) in [6.45, 7) is 2.62. The van der Waals surface area contributed by atoms with Crippen molar-refractivity contribution in [3.63, 3.8) is 0 Å². The van der Waals surface area contributed by atoms with Gasteiger partial charge in [-0.1, -0.05) is 18.2 Å². The Hall–Kier alpha value is -3.15. The fourth-order valence-electron chi connectivity index (χ4n) is 2.45. The molecular formula is C18H18N4O2. The van der Waals surface area contributed by atoms with Gasteiger partial charge in [0.2, 0.25) is 0 Å². The van der Waals surface area contributed by atoms with Gasteiger partial charge in [0.25, 0.3) is 11.8 Å². The van der Waals surface area contributed by atoms with Crippen molar-refractivity contribution in [1.82, 2.24) is 20.6 Å². The van der Waals surface area contributed by atoms with Gasteiger partial charge < -0.3 is 15.6 Å². The maximum absolute atomic E-state index is 12.1. The van der Waals surface area contributed by atoms with Gasteiger partial charge in [-0.05, 0) is 36.8 Å². The number of aromatic nitrogens is 2. The number of aryl methyl sites for hydroxylation is 1. The van der Waals surface area contributed by atoms with E-state index in [0.29, 0.717) is 24.2 Å². The maximum atomic E-state index is 12.1. The van der Waals surface area contributed by atoms with Crippen molar-refractivity contribution < 1.29 is 9.59 Å². The number of amides is 2. The molecule has 24 heavy (non-hydrogen) atoms. The predicted molar refractivity (Wildman–Crippen MR) is 91.9 cm³/mol. The van der Waals surface area contributed by atoms with Gasteiger partial charge in [-0.3, -0.25) is 9.59 Å². The smallest absolute Gasteiger partial charge is 0.251 e. The Balaban J connectivity index is 1.50. The zero-order valence-corrected chi connectivity index (χ0v) is 13.3. The number of benzene rings is 2. The Bertz CT molecular complexity index is 885. The molecule has 2 aromatic carbocycles. The van der Waals surface area contributed by atoms with E-state index in [1.165, 1.54) is 0 Å². The van der Waals surface area contributed by atoms with Crippen LogP contribution in [0.3, 0.4) is 0 Å². The van der Waals surface area contributed by atoms with Crippen LogP contribution in [-0.2, 0) is 0 Å². The maximum Gasteiger partial charge on any atom is 0.251 e. The van der Waals surface area contributed by atoms with Crippen LogP contribution in [0, 0.1) is 6.92 Å². The number of hydrogen-bond donors (Lipinski definition) is 3. The van der Waals surface area contributed by atoms with Crippen molar-refractivity contribution >= 4 is 22.8 Å². The lowest BCUT2D eigenvalue weighted by atomic mass is 10.1. The average molecular weight is 322 g/mol. The summed E-state index contributed by atoms with van der Waals surface area (Å²) in [5.41, 5.74) is 3.75. The molecule has 0 aliphatic heterocycles. The van der Waals surface area contributed by atoms with Crippen molar-refractivity contribution in [3.8, 4) is 0 Å². The fourth-order valence-corrected chi connectivity index (χ4v) is 2.45. The third kappa shape index (κ3) is 3.43. The van der Waals surface area contributed by atoms with E-state index in [9.17, 15) is 9.59 Å². The number of aromatic amines is 1. The first-order valence-electron chi connectivity index (χ1n) is 7.70. The molecule has 3 aromatic rings. The number of rotatable bonds is 5. The van der Waals surface area contributed by atoms with E-state index in [1.807, 2.05) is 25.1 Å². The summed E-state index contributed by atoms with van der Waals surface area (Å²) in [5, 5.41) is 5.59. The molecule has 0 saturated carbocycles. The SMILES string of the molecule is Cc1ccccc1C(=O)NCCNC(=O)c1ccc2nc[nH]c2c1. The Morgan fingerprint density at radius 3 is 2.58 bits per heavy atom. The Morgan fingerprint density at radius 2 is 1.79 bits per heavy atom. The van der Waals surface area contributed by atoms with E-state index in [4.69, 9.17) is 0 Å². The molecular weight excluding hydrogens is 304 g/mol. The van der Waals surface area contributed by atoms with Crippen LogP contribution in [-0.4, -0.2) is 34.9 Å². The number of hydrogen-bond acceptors (Lipinski definition) is 3. The highest BCUT2D eigenvalue weighted by Gasteiger charge is 2.09. The first-order valence-corrected chi connectivity index (χ1v) is 7.70. The quantitative estimate of drug-likeness (QED) is 0.628. The summed E-state index contributed by atoms with van der Waals surface area (Å²) in [6, 6.07) is 12.7. The number of carbonyl (C=O) groups excluding carboxylic acids is 2. The Labute approximate surface area is 139 Å². The normalized spacial score (nSPS) is 10.5. The highest BCUT2D eigenvalue weighted by molar-refractivity contribution is 5.97. The van der Waals surface area contributed by atoms with E-state index >= 15 is 0 Å². The van der Waals surface area contributed by atoms with Crippen LogP contribution in [0.4, 0.5) is 0 Å². The molecule has 0 bridgehead atoms. The molecule has 6 nitrogen and oxygen atoms in total. The lowest BCUT2D eigenvalue weighted by molar-refractivity contribution is 0.0927. The van der Waals surface area contributed by atoms with Crippen molar-refractivity contribution in [2.24, 2.45) is 0 Å². The van der Waals surface area contributed by atoms with Crippen molar-refractivity contribution in [3.05, 3.63) is 65.5 Å². The van der Waals surface area contributed by atoms with Crippen LogP contribution in [0.2, 0.25) is 0 Å². The van der Waals surface area contributed by atoms with Gasteiger partial charge in [-0.2, -0.15) is 0 Å². The van der Waals surface area contributed by atoms with Crippen LogP contribution in [0.1, 0.15) is 26.3 Å². The summed E-state index contributed by atoms with van der Waals surface area (Å²) < 4.78 is 0. The van der Waals surface area contributed by atoms with Gasteiger partial charge in [-0.15, -0.1) is 0 Å². The van der Waals surface area contributed by atoms with Gasteiger partial charge in [0.15, 0.2) is 0 Å². The zero-order chi connectivity index (χ0) is 16.9. The number of carbonyl (C=O) groups is 2. The number of nitrogens with one attached hydrogen (secondary N) is 3. The largest absolute Gasteiger partial charge is 0.350 e. The summed E-state index contributed by atoms with van der Waals surface area (Å²) in [5.74, 6) is -0.321. The average Bonchev–Trinajstić information content (AvgIpc) is 3.06. The molecule has 3 rings (SSSR count). The molecule has 0 aliphatic rings. The summed E-state index contributed by atoms with van der Waals surface area (Å²) in [7, 11) is 0. The molecule has 2 amide bonds. The monoisotopic (exact) mass is 322 g/mol. The second kappa shape index (κ2) is 6.95. The topological polar surface area (TPSA) is 86.9 Å². The Morgan fingerprint density at radius 1 is 1.04 bits per heavy atom. The second-order valence-corrected chi connectivity index (χ2v) is 5.46. The van der Waals surface area contributed by atoms with Crippen LogP contribution in [0.5, 0.6) is 0 Å². The second-order valence-electron chi connectivity index (χ2n) is 5.46. The third-order valence-corrected chi connectivity index (χ3v) is 3.77. The van der Waals surface area contributed by atoms with E-state index in [0.717, 1.165) is 16.6 Å². The number of nitrogens with zero attached hydrogens (tertiary/aromatic N) is 1. The number of H-pyrrole nitrogens is 1. The van der Waals surface area contributed by atoms with Gasteiger partial charge in [-0.25, -0.2) is 4.98 Å². The van der Waals surface area contributed by atoms with Gasteiger partial charge in [0.05, 0.1) is 17.4 Å². The fraction of sp³-hybridized carbons (Fsp3) is 0.167. The van der Waals surface area contributed by atoms with E-state index in [1.54, 1.807) is 30.6 Å². The number of imidazole rings is 1. The standard InChI is InChI=1S/C18H18N4O2/c1-12-4-2-3-5-14(12)18(24)20-9-8-19-17(23)13-6-7-15-16(10-13)22-11-21-15/h2-7,10-11H,8-9H2,1H3,(H,19,23)(H,20,24)(H,21,22). The van der Waals surface area contributed by atoms with E-state index in [-0.39, 0.29) is 11.8 Å². The van der Waals surface area contributed by atoms with Crippen LogP contribution < -0.4 is 10.6 Å². The molecule has 1 aromatic heterocycles. The first kappa shape index (κ1) is 15.7. The zero-order valence-electron chi connectivity index (χ0n) is 13.3. The number of fused-ring (bicyclic) bond motifs is 1. The van der Waals surface area contributed by atoms with E-state index in [2.05, 4.69) is 20.6 Å². The molecule has 0 spiro atoms. The molecule has 6 heteroatoms. The summed E-state index contributed by atoms with van der Waals surface area (Å²) in [4.78, 5) is 31.3.